The van der Waals surface area contributed by atoms with Crippen molar-refractivity contribution in [2.45, 2.75) is 6.04 Å². The van der Waals surface area contributed by atoms with Crippen LogP contribution in [0, 0.1) is 0 Å². The molecule has 1 amide bonds. The summed E-state index contributed by atoms with van der Waals surface area (Å²) in [5.74, 6) is -0.126. The van der Waals surface area contributed by atoms with Crippen molar-refractivity contribution in [1.82, 2.24) is 14.9 Å². The Morgan fingerprint density at radius 3 is 3.19 bits per heavy atom. The number of aromatic nitrogens is 2. The highest BCUT2D eigenvalue weighted by Crippen LogP contribution is 2.33. The predicted octanol–water partition coefficient (Wildman–Crippen LogP) is 1.97. The average molecular weight is 374 g/mol. The van der Waals surface area contributed by atoms with Crippen LogP contribution in [0.4, 0.5) is 5.69 Å². The fraction of sp³-hybridized carbons (Fsp3) is 0.333. The van der Waals surface area contributed by atoms with Gasteiger partial charge in [0.05, 0.1) is 36.1 Å². The van der Waals surface area contributed by atoms with E-state index < -0.39 is 0 Å². The number of anilines is 1. The van der Waals surface area contributed by atoms with Crippen LogP contribution in [-0.2, 0) is 9.53 Å². The Balaban J connectivity index is 1.69. The highest BCUT2D eigenvalue weighted by Gasteiger charge is 2.29. The van der Waals surface area contributed by atoms with Crippen LogP contribution < -0.4 is 11.1 Å². The summed E-state index contributed by atoms with van der Waals surface area (Å²) in [4.78, 5) is 22.4. The second-order valence-corrected chi connectivity index (χ2v) is 6.76. The summed E-state index contributed by atoms with van der Waals surface area (Å²) in [5.41, 5.74) is 8.04. The molecular weight excluding hydrogens is 354 g/mol. The maximum Gasteiger partial charge on any atom is 0.244 e. The molecular formula is C18H20ClN5O2. The van der Waals surface area contributed by atoms with Crippen molar-refractivity contribution in [3.05, 3.63) is 35.6 Å². The Bertz CT molecular complexity index is 955. The van der Waals surface area contributed by atoms with Crippen LogP contribution in [0.1, 0.15) is 0 Å². The molecule has 4 N–H and O–H groups in total. The molecule has 1 saturated heterocycles. The van der Waals surface area contributed by atoms with E-state index in [0.717, 1.165) is 21.8 Å². The van der Waals surface area contributed by atoms with Gasteiger partial charge in [-0.05, 0) is 18.2 Å². The molecule has 1 atom stereocenters. The molecule has 0 spiro atoms. The van der Waals surface area contributed by atoms with Crippen molar-refractivity contribution < 1.29 is 9.53 Å². The second kappa shape index (κ2) is 7.20. The smallest absolute Gasteiger partial charge is 0.244 e. The molecule has 3 heterocycles. The summed E-state index contributed by atoms with van der Waals surface area (Å²) in [6.45, 7) is 2.81. The van der Waals surface area contributed by atoms with Gasteiger partial charge in [0.15, 0.2) is 0 Å². The van der Waals surface area contributed by atoms with Crippen LogP contribution in [0.3, 0.4) is 0 Å². The maximum absolute atomic E-state index is 12.9. The zero-order valence-electron chi connectivity index (χ0n) is 14.2. The van der Waals surface area contributed by atoms with E-state index in [1.54, 1.807) is 18.5 Å². The summed E-state index contributed by atoms with van der Waals surface area (Å²) < 4.78 is 5.49. The number of nitrogens with two attached hydrogens (primary N) is 1. The monoisotopic (exact) mass is 373 g/mol. The fourth-order valence-corrected chi connectivity index (χ4v) is 3.66. The summed E-state index contributed by atoms with van der Waals surface area (Å²) >= 11 is 6.30. The first kappa shape index (κ1) is 17.2. The highest BCUT2D eigenvalue weighted by molar-refractivity contribution is 6.32. The first-order valence-electron chi connectivity index (χ1n) is 8.55. The Hall–Kier alpha value is -2.19. The van der Waals surface area contributed by atoms with Crippen LogP contribution >= 0.6 is 11.6 Å². The normalized spacial score (nSPS) is 18.5. The quantitative estimate of drug-likeness (QED) is 0.649. The number of carbonyl (C=O) groups is 1. The lowest BCUT2D eigenvalue weighted by atomic mass is 10.1. The molecule has 26 heavy (non-hydrogen) atoms. The van der Waals surface area contributed by atoms with Gasteiger partial charge in [0.25, 0.3) is 0 Å². The van der Waals surface area contributed by atoms with Crippen LogP contribution in [0.15, 0.2) is 30.6 Å². The minimum absolute atomic E-state index is 0.126. The van der Waals surface area contributed by atoms with E-state index in [1.165, 1.54) is 0 Å². The molecule has 0 bridgehead atoms. The highest BCUT2D eigenvalue weighted by atomic mass is 35.5. The largest absolute Gasteiger partial charge is 0.378 e. The third kappa shape index (κ3) is 3.14. The molecule has 0 aliphatic carbocycles. The van der Waals surface area contributed by atoms with Crippen LogP contribution in [0.5, 0.6) is 0 Å². The topological polar surface area (TPSA) is 96.3 Å². The van der Waals surface area contributed by atoms with Gasteiger partial charge in [0.1, 0.15) is 6.04 Å². The van der Waals surface area contributed by atoms with Gasteiger partial charge in [0.2, 0.25) is 5.91 Å². The molecule has 0 radical (unpaired) electrons. The van der Waals surface area contributed by atoms with Crippen LogP contribution in [0.25, 0.3) is 21.8 Å². The lowest BCUT2D eigenvalue weighted by molar-refractivity contribution is -0.127. The van der Waals surface area contributed by atoms with Gasteiger partial charge < -0.3 is 20.8 Å². The van der Waals surface area contributed by atoms with E-state index in [0.29, 0.717) is 43.6 Å². The van der Waals surface area contributed by atoms with Gasteiger partial charge in [-0.15, -0.1) is 0 Å². The van der Waals surface area contributed by atoms with Crippen molar-refractivity contribution in [1.29, 1.82) is 0 Å². The van der Waals surface area contributed by atoms with Gasteiger partial charge in [0, 0.05) is 41.6 Å². The zero-order chi connectivity index (χ0) is 18.1. The van der Waals surface area contributed by atoms with E-state index in [-0.39, 0.29) is 11.9 Å². The standard InChI is InChI=1S/C18H20ClN5O2/c19-11-7-13-12-1-3-21-9-15(12)22-17(13)14(8-11)23-18(25)16-10-26-6-5-24(16)4-2-20/h1,3,7-9,16,22H,2,4-6,10,20H2,(H,23,25). The van der Waals surface area contributed by atoms with Crippen LogP contribution in [0.2, 0.25) is 5.02 Å². The van der Waals surface area contributed by atoms with Gasteiger partial charge >= 0.3 is 0 Å². The number of nitrogens with zero attached hydrogens (tertiary/aromatic N) is 2. The van der Waals surface area contributed by atoms with Crippen molar-refractivity contribution in [2.75, 3.05) is 38.2 Å². The lowest BCUT2D eigenvalue weighted by Gasteiger charge is -2.34. The molecule has 1 fully saturated rings. The van der Waals surface area contributed by atoms with E-state index in [4.69, 9.17) is 22.1 Å². The third-order valence-corrected chi connectivity index (χ3v) is 4.91. The van der Waals surface area contributed by atoms with Gasteiger partial charge in [-0.1, -0.05) is 11.6 Å². The fourth-order valence-electron chi connectivity index (χ4n) is 3.45. The molecule has 8 heteroatoms. The maximum atomic E-state index is 12.9. The number of H-pyrrole nitrogens is 1. The van der Waals surface area contributed by atoms with Crippen LogP contribution in [-0.4, -0.2) is 59.7 Å². The van der Waals surface area contributed by atoms with Gasteiger partial charge in [-0.2, -0.15) is 0 Å². The van der Waals surface area contributed by atoms with E-state index in [9.17, 15) is 4.79 Å². The lowest BCUT2D eigenvalue weighted by Crippen LogP contribution is -2.53. The van der Waals surface area contributed by atoms with E-state index in [2.05, 4.69) is 20.2 Å². The molecule has 7 nitrogen and oxygen atoms in total. The summed E-state index contributed by atoms with van der Waals surface area (Å²) in [7, 11) is 0. The molecule has 4 rings (SSSR count). The number of carbonyl (C=O) groups excluding carboxylic acids is 1. The second-order valence-electron chi connectivity index (χ2n) is 6.33. The van der Waals surface area contributed by atoms with Gasteiger partial charge in [-0.25, -0.2) is 0 Å². The predicted molar refractivity (Wildman–Crippen MR) is 102 cm³/mol. The van der Waals surface area contributed by atoms with Crippen molar-refractivity contribution in [3.8, 4) is 0 Å². The number of morpholine rings is 1. The molecule has 3 aromatic rings. The molecule has 1 unspecified atom stereocenters. The SMILES string of the molecule is NCCN1CCOCC1C(=O)Nc1cc(Cl)cc2c1[nH]c1cnccc12. The molecule has 1 aromatic carbocycles. The summed E-state index contributed by atoms with van der Waals surface area (Å²) in [6, 6.07) is 5.19. The number of fused-ring (bicyclic) bond motifs is 3. The summed E-state index contributed by atoms with van der Waals surface area (Å²) in [5, 5.41) is 5.53. The molecule has 1 aliphatic rings. The Morgan fingerprint density at radius 2 is 2.35 bits per heavy atom. The van der Waals surface area contributed by atoms with E-state index >= 15 is 0 Å². The minimum Gasteiger partial charge on any atom is -0.378 e. The Kier molecular flexibility index (Phi) is 4.78. The number of aromatic amines is 1. The Labute approximate surface area is 155 Å². The molecule has 0 saturated carbocycles. The van der Waals surface area contributed by atoms with Crippen molar-refractivity contribution in [2.24, 2.45) is 5.73 Å². The number of rotatable bonds is 4. The first-order valence-corrected chi connectivity index (χ1v) is 8.93. The number of benzene rings is 1. The first-order chi connectivity index (χ1) is 12.7. The number of pyridine rings is 1. The zero-order valence-corrected chi connectivity index (χ0v) is 14.9. The molecule has 1 aliphatic heterocycles. The molecule has 136 valence electrons. The number of ether oxygens (including phenoxy) is 1. The molecule has 2 aromatic heterocycles. The number of amides is 1. The van der Waals surface area contributed by atoms with Crippen molar-refractivity contribution in [3.63, 3.8) is 0 Å². The number of hydrogen-bond donors (Lipinski definition) is 3. The number of nitrogens with one attached hydrogen (secondary N) is 2. The summed E-state index contributed by atoms with van der Waals surface area (Å²) in [6.07, 6.45) is 3.49. The Morgan fingerprint density at radius 1 is 1.46 bits per heavy atom. The number of hydrogen-bond acceptors (Lipinski definition) is 5. The number of halogens is 1. The minimum atomic E-state index is -0.368. The van der Waals surface area contributed by atoms with E-state index in [1.807, 2.05) is 12.1 Å². The third-order valence-electron chi connectivity index (χ3n) is 4.69. The van der Waals surface area contributed by atoms with Crippen molar-refractivity contribution >= 4 is 45.0 Å². The average Bonchev–Trinajstić information content (AvgIpc) is 3.01. The van der Waals surface area contributed by atoms with Gasteiger partial charge in [-0.3, -0.25) is 14.7 Å².